The summed E-state index contributed by atoms with van der Waals surface area (Å²) in [4.78, 5) is 13.4. The first-order valence-corrected chi connectivity index (χ1v) is 14.7. The summed E-state index contributed by atoms with van der Waals surface area (Å²) in [5.74, 6) is 1.48. The molecule has 0 spiro atoms. The van der Waals surface area contributed by atoms with Crippen molar-refractivity contribution >= 4 is 11.9 Å². The van der Waals surface area contributed by atoms with E-state index in [-0.39, 0.29) is 11.5 Å². The lowest BCUT2D eigenvalue weighted by Gasteiger charge is -2.24. The number of hydrogen-bond donors (Lipinski definition) is 1. The summed E-state index contributed by atoms with van der Waals surface area (Å²) < 4.78 is 5.94. The number of aliphatic hydroxyl groups is 1. The van der Waals surface area contributed by atoms with Crippen LogP contribution in [0.15, 0.2) is 42.2 Å². The van der Waals surface area contributed by atoms with E-state index in [4.69, 9.17) is 4.74 Å². The number of benzene rings is 2. The van der Waals surface area contributed by atoms with Crippen molar-refractivity contribution in [3.8, 4) is 5.75 Å². The summed E-state index contributed by atoms with van der Waals surface area (Å²) >= 11 is 0. The number of ketones is 1. The molecule has 37 heavy (non-hydrogen) atoms. The van der Waals surface area contributed by atoms with Crippen LogP contribution < -0.4 is 4.74 Å². The molecule has 3 heteroatoms. The molecule has 0 fully saturated rings. The lowest BCUT2D eigenvalue weighted by Crippen LogP contribution is -2.09. The van der Waals surface area contributed by atoms with Gasteiger partial charge in [-0.3, -0.25) is 4.79 Å². The number of rotatable bonds is 16. The van der Waals surface area contributed by atoms with Crippen molar-refractivity contribution in [1.82, 2.24) is 0 Å². The van der Waals surface area contributed by atoms with Crippen molar-refractivity contribution in [3.63, 3.8) is 0 Å². The molecule has 0 aliphatic carbocycles. The first-order chi connectivity index (χ1) is 17.9. The number of carbonyl (C=O) groups excluding carboxylic acids is 1. The Morgan fingerprint density at radius 3 is 1.92 bits per heavy atom. The minimum Gasteiger partial charge on any atom is -0.504 e. The van der Waals surface area contributed by atoms with E-state index in [0.717, 1.165) is 74.7 Å². The van der Waals surface area contributed by atoms with Gasteiger partial charge in [0.05, 0.1) is 7.11 Å². The van der Waals surface area contributed by atoms with Crippen molar-refractivity contribution < 1.29 is 14.6 Å². The van der Waals surface area contributed by atoms with Crippen LogP contribution in [0.4, 0.5) is 0 Å². The highest BCUT2D eigenvalue weighted by molar-refractivity contribution is 6.09. The molecule has 3 unspecified atom stereocenters. The molecule has 2 aromatic rings. The Morgan fingerprint density at radius 2 is 1.38 bits per heavy atom. The lowest BCUT2D eigenvalue weighted by atomic mass is 9.83. The maximum Gasteiger partial charge on any atom is 0.227 e. The van der Waals surface area contributed by atoms with Gasteiger partial charge in [0, 0.05) is 11.1 Å². The van der Waals surface area contributed by atoms with E-state index in [0.29, 0.717) is 23.3 Å². The fourth-order valence-electron chi connectivity index (χ4n) is 5.74. The van der Waals surface area contributed by atoms with Crippen LogP contribution in [-0.2, 0) is 0 Å². The van der Waals surface area contributed by atoms with Crippen LogP contribution in [-0.4, -0.2) is 18.0 Å². The van der Waals surface area contributed by atoms with E-state index < -0.39 is 0 Å². The van der Waals surface area contributed by atoms with Gasteiger partial charge < -0.3 is 9.84 Å². The third kappa shape index (κ3) is 7.97. The van der Waals surface area contributed by atoms with E-state index in [1.54, 1.807) is 13.2 Å². The molecule has 0 aliphatic rings. The molecule has 0 amide bonds. The number of ether oxygens (including phenoxy) is 1. The van der Waals surface area contributed by atoms with Gasteiger partial charge in [-0.2, -0.15) is 0 Å². The average molecular weight is 507 g/mol. The minimum absolute atomic E-state index is 0.212. The van der Waals surface area contributed by atoms with Gasteiger partial charge in [-0.1, -0.05) is 85.1 Å². The predicted molar refractivity (Wildman–Crippen MR) is 158 cm³/mol. The van der Waals surface area contributed by atoms with E-state index in [2.05, 4.69) is 59.7 Å². The Balaban J connectivity index is 2.62. The first-order valence-electron chi connectivity index (χ1n) is 14.7. The van der Waals surface area contributed by atoms with Crippen LogP contribution in [0.2, 0.25) is 0 Å². The van der Waals surface area contributed by atoms with Crippen molar-refractivity contribution in [2.24, 2.45) is 0 Å². The highest BCUT2D eigenvalue weighted by Gasteiger charge is 2.23. The zero-order chi connectivity index (χ0) is 27.4. The second-order valence-corrected chi connectivity index (χ2v) is 10.4. The molecule has 2 rings (SSSR count). The van der Waals surface area contributed by atoms with Gasteiger partial charge >= 0.3 is 0 Å². The zero-order valence-electron chi connectivity index (χ0n) is 24.4. The topological polar surface area (TPSA) is 46.5 Å². The quantitative estimate of drug-likeness (QED) is 0.140. The maximum atomic E-state index is 13.4. The summed E-state index contributed by atoms with van der Waals surface area (Å²) in [6.07, 6.45) is 11.3. The van der Waals surface area contributed by atoms with Gasteiger partial charge in [0.25, 0.3) is 0 Å². The maximum absolute atomic E-state index is 13.4. The second-order valence-electron chi connectivity index (χ2n) is 10.4. The Kier molecular flexibility index (Phi) is 13.0. The number of methoxy groups -OCH3 is 1. The van der Waals surface area contributed by atoms with E-state index in [9.17, 15) is 9.90 Å². The predicted octanol–water partition coefficient (Wildman–Crippen LogP) is 10.4. The summed E-state index contributed by atoms with van der Waals surface area (Å²) in [6, 6.07) is 12.2. The third-order valence-electron chi connectivity index (χ3n) is 7.83. The molecule has 0 radical (unpaired) electrons. The minimum atomic E-state index is -0.326. The van der Waals surface area contributed by atoms with Gasteiger partial charge in [0.1, 0.15) is 5.75 Å². The third-order valence-corrected chi connectivity index (χ3v) is 7.83. The van der Waals surface area contributed by atoms with E-state index in [1.165, 1.54) is 11.1 Å². The molecule has 3 atom stereocenters. The van der Waals surface area contributed by atoms with Gasteiger partial charge in [-0.05, 0) is 91.2 Å². The Bertz CT molecular complexity index is 1020. The van der Waals surface area contributed by atoms with Crippen LogP contribution >= 0.6 is 0 Å². The summed E-state index contributed by atoms with van der Waals surface area (Å²) in [5, 5.41) is 11.1. The van der Waals surface area contributed by atoms with Crippen LogP contribution in [0.3, 0.4) is 0 Å². The monoisotopic (exact) mass is 506 g/mol. The van der Waals surface area contributed by atoms with E-state index >= 15 is 0 Å². The van der Waals surface area contributed by atoms with Crippen molar-refractivity contribution in [3.05, 3.63) is 70.0 Å². The molecule has 3 nitrogen and oxygen atoms in total. The lowest BCUT2D eigenvalue weighted by molar-refractivity contribution is 0.0980. The fraction of sp³-hybridized carbons (Fsp3) is 0.559. The second kappa shape index (κ2) is 15.6. The molecule has 204 valence electrons. The number of hydrogen-bond acceptors (Lipinski definition) is 3. The highest BCUT2D eigenvalue weighted by Crippen LogP contribution is 2.40. The Labute approximate surface area is 226 Å². The van der Waals surface area contributed by atoms with Crippen molar-refractivity contribution in [1.29, 1.82) is 0 Å². The number of carbonyl (C=O) groups is 1. The van der Waals surface area contributed by atoms with Crippen LogP contribution in [0.25, 0.3) is 6.08 Å². The molecule has 0 aromatic heterocycles. The Morgan fingerprint density at radius 1 is 0.811 bits per heavy atom. The summed E-state index contributed by atoms with van der Waals surface area (Å²) in [6.45, 7) is 13.2. The van der Waals surface area contributed by atoms with Crippen molar-refractivity contribution in [2.75, 3.05) is 7.11 Å². The molecule has 0 saturated heterocycles. The fourth-order valence-corrected chi connectivity index (χ4v) is 5.74. The van der Waals surface area contributed by atoms with Crippen LogP contribution in [0, 0.1) is 0 Å². The summed E-state index contributed by atoms with van der Waals surface area (Å²) in [7, 11) is 1.73. The smallest absolute Gasteiger partial charge is 0.227 e. The molecule has 1 N–H and O–H groups in total. The SMILES string of the molecule is CCCC(CC)c1cccc(C(=O)/C(O)=C/c2cc(C(CC)CCC)cc(OC)c2C(CC)CCC)c1. The first kappa shape index (κ1) is 30.7. The van der Waals surface area contributed by atoms with Crippen LogP contribution in [0.1, 0.15) is 150 Å². The standard InChI is InChI=1S/C34H50O3/c1-8-15-24(11-4)27-18-14-19-28(20-27)34(36)31(35)22-30-21-29(25(12-5)16-9-2)23-32(37-7)33(30)26(13-6)17-10-3/h14,18-26,35H,8-13,15-17H2,1-7H3/b31-22-. The zero-order valence-corrected chi connectivity index (χ0v) is 24.4. The number of aliphatic hydroxyl groups excluding tert-OH is 1. The van der Waals surface area contributed by atoms with Crippen LogP contribution in [0.5, 0.6) is 5.75 Å². The molecule has 2 aromatic carbocycles. The van der Waals surface area contributed by atoms with Crippen molar-refractivity contribution in [2.45, 2.75) is 117 Å². The normalized spacial score (nSPS) is 14.3. The molecular formula is C34H50O3. The largest absolute Gasteiger partial charge is 0.504 e. The average Bonchev–Trinajstić information content (AvgIpc) is 2.92. The van der Waals surface area contributed by atoms with Gasteiger partial charge in [0.2, 0.25) is 5.78 Å². The summed E-state index contributed by atoms with van der Waals surface area (Å²) in [5.41, 5.74) is 4.94. The molecular weight excluding hydrogens is 456 g/mol. The van der Waals surface area contributed by atoms with Gasteiger partial charge in [-0.15, -0.1) is 0 Å². The molecule has 0 saturated carbocycles. The molecule has 0 aliphatic heterocycles. The highest BCUT2D eigenvalue weighted by atomic mass is 16.5. The number of allylic oxidation sites excluding steroid dienone is 1. The van der Waals surface area contributed by atoms with E-state index in [1.807, 2.05) is 18.2 Å². The molecule has 0 heterocycles. The Hall–Kier alpha value is -2.55. The molecule has 0 bridgehead atoms. The number of Topliss-reactive ketones (excluding diaryl/α,β-unsaturated/α-hetero) is 1. The van der Waals surface area contributed by atoms with Gasteiger partial charge in [-0.25, -0.2) is 0 Å². The van der Waals surface area contributed by atoms with Gasteiger partial charge in [0.15, 0.2) is 5.76 Å².